The number of halogens is 2. The lowest BCUT2D eigenvalue weighted by molar-refractivity contribution is 0.306. The molecule has 0 radical (unpaired) electrons. The predicted molar refractivity (Wildman–Crippen MR) is 105 cm³/mol. The number of nitrogens with zero attached hydrogens (tertiary/aromatic N) is 3. The van der Waals surface area contributed by atoms with Gasteiger partial charge < -0.3 is 4.90 Å². The Balaban J connectivity index is 0.00000196. The fourth-order valence-electron chi connectivity index (χ4n) is 3.61. The Hall–Kier alpha value is -2.17. The van der Waals surface area contributed by atoms with Gasteiger partial charge in [0.1, 0.15) is 5.82 Å². The van der Waals surface area contributed by atoms with Crippen molar-refractivity contribution in [3.05, 3.63) is 77.2 Å². The molecule has 0 saturated carbocycles. The first-order valence-electron chi connectivity index (χ1n) is 8.73. The van der Waals surface area contributed by atoms with E-state index in [4.69, 9.17) is 5.10 Å². The molecule has 2 aromatic carbocycles. The molecule has 2 heterocycles. The molecule has 1 aromatic heterocycles. The summed E-state index contributed by atoms with van der Waals surface area (Å²) in [5, 5.41) is 4.97. The van der Waals surface area contributed by atoms with Crippen molar-refractivity contribution >= 4 is 12.4 Å². The molecule has 3 aromatic rings. The van der Waals surface area contributed by atoms with Gasteiger partial charge in [0, 0.05) is 36.3 Å². The molecule has 0 saturated heterocycles. The summed E-state index contributed by atoms with van der Waals surface area (Å²) >= 11 is 0. The van der Waals surface area contributed by atoms with Gasteiger partial charge in [-0.2, -0.15) is 5.10 Å². The number of rotatable bonds is 3. The van der Waals surface area contributed by atoms with Crippen LogP contribution in [0.2, 0.25) is 0 Å². The molecular weight excluding hydrogens is 349 g/mol. The highest BCUT2D eigenvalue weighted by Gasteiger charge is 2.26. The fraction of sp³-hybridized carbons (Fsp3) is 0.286. The molecule has 5 heteroatoms. The van der Waals surface area contributed by atoms with Crippen LogP contribution in [0, 0.1) is 5.82 Å². The van der Waals surface area contributed by atoms with Crippen molar-refractivity contribution in [2.24, 2.45) is 0 Å². The Morgan fingerprint density at radius 3 is 2.42 bits per heavy atom. The van der Waals surface area contributed by atoms with E-state index in [0.29, 0.717) is 0 Å². The minimum Gasteiger partial charge on any atom is -0.302 e. The van der Waals surface area contributed by atoms with E-state index in [0.717, 1.165) is 30.8 Å². The number of benzene rings is 2. The van der Waals surface area contributed by atoms with E-state index in [-0.39, 0.29) is 24.3 Å². The highest BCUT2D eigenvalue weighted by atomic mass is 35.5. The molecular formula is C21H23ClFN3. The van der Waals surface area contributed by atoms with Gasteiger partial charge in [-0.25, -0.2) is 4.39 Å². The van der Waals surface area contributed by atoms with Gasteiger partial charge in [0.2, 0.25) is 0 Å². The molecule has 0 aliphatic carbocycles. The van der Waals surface area contributed by atoms with Crippen molar-refractivity contribution < 1.29 is 4.39 Å². The summed E-state index contributed by atoms with van der Waals surface area (Å²) in [6.45, 7) is 4.10. The molecule has 1 atom stereocenters. The first-order chi connectivity index (χ1) is 12.1. The first-order valence-corrected chi connectivity index (χ1v) is 8.73. The second kappa shape index (κ2) is 7.60. The molecule has 136 valence electrons. The van der Waals surface area contributed by atoms with Crippen LogP contribution < -0.4 is 0 Å². The molecule has 0 N–H and O–H groups in total. The average Bonchev–Trinajstić information content (AvgIpc) is 3.01. The van der Waals surface area contributed by atoms with Crippen LogP contribution >= 0.6 is 12.4 Å². The van der Waals surface area contributed by atoms with E-state index in [2.05, 4.69) is 47.8 Å². The monoisotopic (exact) mass is 371 g/mol. The van der Waals surface area contributed by atoms with Gasteiger partial charge in [-0.3, -0.25) is 4.68 Å². The maximum Gasteiger partial charge on any atom is 0.123 e. The zero-order valence-electron chi connectivity index (χ0n) is 15.0. The van der Waals surface area contributed by atoms with Crippen molar-refractivity contribution in [2.75, 3.05) is 13.6 Å². The topological polar surface area (TPSA) is 21.1 Å². The number of hydrogen-bond donors (Lipinski definition) is 0. The normalized spacial score (nSPS) is 15.2. The summed E-state index contributed by atoms with van der Waals surface area (Å²) in [5.74, 6) is -0.216. The Morgan fingerprint density at radius 1 is 1.04 bits per heavy atom. The van der Waals surface area contributed by atoms with E-state index in [1.54, 1.807) is 0 Å². The minimum absolute atomic E-state index is 0. The molecule has 1 aliphatic rings. The third-order valence-corrected chi connectivity index (χ3v) is 5.04. The quantitative estimate of drug-likeness (QED) is 0.665. The Labute approximate surface area is 159 Å². The van der Waals surface area contributed by atoms with Crippen LogP contribution in [-0.2, 0) is 13.0 Å². The van der Waals surface area contributed by atoms with Crippen molar-refractivity contribution in [1.82, 2.24) is 14.7 Å². The first kappa shape index (κ1) is 18.6. The van der Waals surface area contributed by atoms with Gasteiger partial charge in [0.15, 0.2) is 0 Å². The largest absolute Gasteiger partial charge is 0.302 e. The lowest BCUT2D eigenvalue weighted by atomic mass is 10.0. The summed E-state index contributed by atoms with van der Waals surface area (Å²) in [6, 6.07) is 17.3. The van der Waals surface area contributed by atoms with Crippen LogP contribution in [0.15, 0.2) is 54.6 Å². The standard InChI is InChI=1S/C21H22FN3.ClH/c1-15(16-6-4-3-5-7-16)25-20-12-13-24(2)14-19(20)21(23-25)17-8-10-18(22)11-9-17;/h3-11,15H,12-14H2,1-2H3;1H. The summed E-state index contributed by atoms with van der Waals surface area (Å²) < 4.78 is 15.5. The van der Waals surface area contributed by atoms with Crippen molar-refractivity contribution in [3.63, 3.8) is 0 Å². The minimum atomic E-state index is -0.216. The number of likely N-dealkylation sites (N-methyl/N-ethyl adjacent to an activating group) is 1. The van der Waals surface area contributed by atoms with E-state index in [1.165, 1.54) is 29.0 Å². The van der Waals surface area contributed by atoms with Gasteiger partial charge in [-0.05, 0) is 43.8 Å². The molecule has 0 amide bonds. The lowest BCUT2D eigenvalue weighted by Crippen LogP contribution is -2.28. The summed E-state index contributed by atoms with van der Waals surface area (Å²) in [7, 11) is 2.13. The van der Waals surface area contributed by atoms with Crippen molar-refractivity contribution in [3.8, 4) is 11.3 Å². The molecule has 0 fully saturated rings. The second-order valence-corrected chi connectivity index (χ2v) is 6.80. The van der Waals surface area contributed by atoms with E-state index in [1.807, 2.05) is 18.2 Å². The molecule has 1 aliphatic heterocycles. The predicted octanol–water partition coefficient (Wildman–Crippen LogP) is 4.71. The van der Waals surface area contributed by atoms with Crippen molar-refractivity contribution in [1.29, 1.82) is 0 Å². The van der Waals surface area contributed by atoms with Gasteiger partial charge in [-0.15, -0.1) is 12.4 Å². The molecule has 0 spiro atoms. The van der Waals surface area contributed by atoms with Gasteiger partial charge in [0.25, 0.3) is 0 Å². The van der Waals surface area contributed by atoms with E-state index >= 15 is 0 Å². The zero-order valence-corrected chi connectivity index (χ0v) is 15.8. The van der Waals surface area contributed by atoms with Crippen molar-refractivity contribution in [2.45, 2.75) is 25.9 Å². The molecule has 1 unspecified atom stereocenters. The molecule has 4 rings (SSSR count). The van der Waals surface area contributed by atoms with Crippen LogP contribution in [0.4, 0.5) is 4.39 Å². The Bertz CT molecular complexity index is 874. The SMILES string of the molecule is CC(c1ccccc1)n1nc(-c2ccc(F)cc2)c2c1CCN(C)C2.Cl. The third-order valence-electron chi connectivity index (χ3n) is 5.04. The molecule has 3 nitrogen and oxygen atoms in total. The van der Waals surface area contributed by atoms with Gasteiger partial charge in [0.05, 0.1) is 11.7 Å². The maximum atomic E-state index is 13.3. The highest BCUT2D eigenvalue weighted by molar-refractivity contribution is 5.85. The fourth-order valence-corrected chi connectivity index (χ4v) is 3.61. The summed E-state index contributed by atoms with van der Waals surface area (Å²) in [6.07, 6.45) is 0.983. The van der Waals surface area contributed by atoms with E-state index in [9.17, 15) is 4.39 Å². The van der Waals surface area contributed by atoms with Gasteiger partial charge in [-0.1, -0.05) is 30.3 Å². The second-order valence-electron chi connectivity index (χ2n) is 6.80. The highest BCUT2D eigenvalue weighted by Crippen LogP contribution is 2.32. The van der Waals surface area contributed by atoms with Crippen LogP contribution in [0.5, 0.6) is 0 Å². The smallest absolute Gasteiger partial charge is 0.123 e. The summed E-state index contributed by atoms with van der Waals surface area (Å²) in [4.78, 5) is 2.31. The number of hydrogen-bond acceptors (Lipinski definition) is 2. The van der Waals surface area contributed by atoms with Crippen LogP contribution in [0.3, 0.4) is 0 Å². The maximum absolute atomic E-state index is 13.3. The third kappa shape index (κ3) is 3.39. The van der Waals surface area contributed by atoms with Crippen LogP contribution in [0.25, 0.3) is 11.3 Å². The van der Waals surface area contributed by atoms with Crippen LogP contribution in [-0.4, -0.2) is 28.3 Å². The Morgan fingerprint density at radius 2 is 1.73 bits per heavy atom. The Kier molecular flexibility index (Phi) is 5.44. The van der Waals surface area contributed by atoms with E-state index < -0.39 is 0 Å². The molecule has 0 bridgehead atoms. The van der Waals surface area contributed by atoms with Gasteiger partial charge >= 0.3 is 0 Å². The number of aromatic nitrogens is 2. The average molecular weight is 372 g/mol. The summed E-state index contributed by atoms with van der Waals surface area (Å²) in [5.41, 5.74) is 5.77. The lowest BCUT2D eigenvalue weighted by Gasteiger charge is -2.25. The zero-order chi connectivity index (χ0) is 17.4. The number of fused-ring (bicyclic) bond motifs is 1. The molecule has 26 heavy (non-hydrogen) atoms. The van der Waals surface area contributed by atoms with Crippen LogP contribution in [0.1, 0.15) is 29.8 Å².